The van der Waals surface area contributed by atoms with Crippen LogP contribution in [0.25, 0.3) is 11.0 Å². The summed E-state index contributed by atoms with van der Waals surface area (Å²) in [5, 5.41) is 10.9. The minimum absolute atomic E-state index is 0.0197. The van der Waals surface area contributed by atoms with Crippen LogP contribution in [0.1, 0.15) is 18.9 Å². The fraction of sp³-hybridized carbons (Fsp3) is 0.438. The van der Waals surface area contributed by atoms with Crippen LogP contribution in [-0.2, 0) is 11.2 Å². The molecule has 1 atom stereocenters. The van der Waals surface area contributed by atoms with Gasteiger partial charge in [-0.1, -0.05) is 0 Å². The predicted molar refractivity (Wildman–Crippen MR) is 78.3 cm³/mol. The SMILES string of the molecule is COc1ccc2c(CC(=O)N3CC[C@@](C)(O)C3)coc2c1. The fourth-order valence-electron chi connectivity index (χ4n) is 2.76. The molecule has 1 aliphatic rings. The summed E-state index contributed by atoms with van der Waals surface area (Å²) in [6, 6.07) is 5.57. The second-order valence-corrected chi connectivity index (χ2v) is 5.86. The molecule has 0 radical (unpaired) electrons. The number of amides is 1. The Balaban J connectivity index is 1.77. The van der Waals surface area contributed by atoms with Crippen molar-refractivity contribution in [2.24, 2.45) is 0 Å². The molecule has 2 aromatic rings. The lowest BCUT2D eigenvalue weighted by molar-refractivity contribution is -0.130. The molecule has 0 saturated carbocycles. The molecule has 0 spiro atoms. The summed E-state index contributed by atoms with van der Waals surface area (Å²) in [4.78, 5) is 14.0. The van der Waals surface area contributed by atoms with Gasteiger partial charge < -0.3 is 19.2 Å². The van der Waals surface area contributed by atoms with E-state index >= 15 is 0 Å². The standard InChI is InChI=1S/C16H19NO4/c1-16(19)5-6-17(10-16)15(18)7-11-9-21-14-8-12(20-2)3-4-13(11)14/h3-4,8-9,19H,5-7,10H2,1-2H3/t16-/m1/s1. The molecule has 112 valence electrons. The number of carbonyl (C=O) groups is 1. The van der Waals surface area contributed by atoms with Crippen LogP contribution >= 0.6 is 0 Å². The van der Waals surface area contributed by atoms with E-state index in [1.165, 1.54) is 0 Å². The largest absolute Gasteiger partial charge is 0.497 e. The van der Waals surface area contributed by atoms with E-state index in [1.54, 1.807) is 25.2 Å². The molecule has 5 heteroatoms. The van der Waals surface area contributed by atoms with Crippen molar-refractivity contribution in [1.82, 2.24) is 4.90 Å². The van der Waals surface area contributed by atoms with Crippen molar-refractivity contribution in [1.29, 1.82) is 0 Å². The number of hydrogen-bond donors (Lipinski definition) is 1. The van der Waals surface area contributed by atoms with Crippen LogP contribution < -0.4 is 4.74 Å². The van der Waals surface area contributed by atoms with Crippen molar-refractivity contribution in [3.8, 4) is 5.75 Å². The molecular weight excluding hydrogens is 270 g/mol. The van der Waals surface area contributed by atoms with E-state index < -0.39 is 5.60 Å². The van der Waals surface area contributed by atoms with Gasteiger partial charge in [0.25, 0.3) is 0 Å². The van der Waals surface area contributed by atoms with Crippen LogP contribution in [0.4, 0.5) is 0 Å². The first-order chi connectivity index (χ1) is 9.98. The van der Waals surface area contributed by atoms with Gasteiger partial charge in [-0.25, -0.2) is 0 Å². The monoisotopic (exact) mass is 289 g/mol. The molecule has 1 amide bonds. The molecule has 1 aromatic carbocycles. The molecule has 1 saturated heterocycles. The maximum atomic E-state index is 12.3. The van der Waals surface area contributed by atoms with Crippen LogP contribution in [0.15, 0.2) is 28.9 Å². The highest BCUT2D eigenvalue weighted by molar-refractivity contribution is 5.88. The Morgan fingerprint density at radius 3 is 3.00 bits per heavy atom. The van der Waals surface area contributed by atoms with E-state index in [4.69, 9.17) is 9.15 Å². The van der Waals surface area contributed by atoms with Gasteiger partial charge in [0.05, 0.1) is 25.4 Å². The van der Waals surface area contributed by atoms with Gasteiger partial charge in [-0.2, -0.15) is 0 Å². The van der Waals surface area contributed by atoms with Crippen molar-refractivity contribution < 1.29 is 19.1 Å². The first-order valence-electron chi connectivity index (χ1n) is 7.03. The number of benzene rings is 1. The van der Waals surface area contributed by atoms with Crippen molar-refractivity contribution in [3.05, 3.63) is 30.0 Å². The van der Waals surface area contributed by atoms with Gasteiger partial charge in [-0.05, 0) is 25.5 Å². The molecule has 3 rings (SSSR count). The number of aliphatic hydroxyl groups is 1. The zero-order chi connectivity index (χ0) is 15.0. The maximum absolute atomic E-state index is 12.3. The number of β-amino-alcohol motifs (C(OH)–C–C–N with tert-alkyl or cyclic N) is 1. The first-order valence-corrected chi connectivity index (χ1v) is 7.03. The molecule has 0 unspecified atom stereocenters. The molecule has 0 bridgehead atoms. The number of likely N-dealkylation sites (tertiary alicyclic amines) is 1. The molecule has 2 heterocycles. The van der Waals surface area contributed by atoms with Gasteiger partial charge in [0.1, 0.15) is 11.3 Å². The third kappa shape index (κ3) is 2.74. The summed E-state index contributed by atoms with van der Waals surface area (Å²) in [5.41, 5.74) is 0.816. The van der Waals surface area contributed by atoms with E-state index in [0.29, 0.717) is 25.1 Å². The topological polar surface area (TPSA) is 62.9 Å². The van der Waals surface area contributed by atoms with Crippen LogP contribution in [0.5, 0.6) is 5.75 Å². The zero-order valence-electron chi connectivity index (χ0n) is 12.3. The fourth-order valence-corrected chi connectivity index (χ4v) is 2.76. The summed E-state index contributed by atoms with van der Waals surface area (Å²) < 4.78 is 10.6. The lowest BCUT2D eigenvalue weighted by atomic mass is 10.1. The average molecular weight is 289 g/mol. The lowest BCUT2D eigenvalue weighted by Gasteiger charge is -2.18. The van der Waals surface area contributed by atoms with Gasteiger partial charge in [-0.3, -0.25) is 4.79 Å². The molecular formula is C16H19NO4. The van der Waals surface area contributed by atoms with E-state index in [1.807, 2.05) is 18.2 Å². The Bertz CT molecular complexity index is 674. The first kappa shape index (κ1) is 13.9. The third-order valence-electron chi connectivity index (χ3n) is 4.01. The zero-order valence-corrected chi connectivity index (χ0v) is 12.3. The summed E-state index contributed by atoms with van der Waals surface area (Å²) in [6.07, 6.45) is 2.54. The van der Waals surface area contributed by atoms with E-state index in [9.17, 15) is 9.90 Å². The second kappa shape index (κ2) is 5.07. The Hall–Kier alpha value is -2.01. The summed E-state index contributed by atoms with van der Waals surface area (Å²) in [6.45, 7) is 2.77. The molecule has 1 N–H and O–H groups in total. The highest BCUT2D eigenvalue weighted by Gasteiger charge is 2.33. The smallest absolute Gasteiger partial charge is 0.227 e. The lowest BCUT2D eigenvalue weighted by Crippen LogP contribution is -2.34. The molecule has 1 fully saturated rings. The number of hydrogen-bond acceptors (Lipinski definition) is 4. The van der Waals surface area contributed by atoms with Crippen molar-refractivity contribution in [2.75, 3.05) is 20.2 Å². The Kier molecular flexibility index (Phi) is 3.37. The van der Waals surface area contributed by atoms with E-state index in [2.05, 4.69) is 0 Å². The van der Waals surface area contributed by atoms with Gasteiger partial charge in [0, 0.05) is 30.1 Å². The minimum Gasteiger partial charge on any atom is -0.497 e. The Morgan fingerprint density at radius 2 is 2.33 bits per heavy atom. The molecule has 5 nitrogen and oxygen atoms in total. The molecule has 21 heavy (non-hydrogen) atoms. The number of furan rings is 1. The van der Waals surface area contributed by atoms with Crippen molar-refractivity contribution >= 4 is 16.9 Å². The van der Waals surface area contributed by atoms with Crippen LogP contribution in [-0.4, -0.2) is 41.7 Å². The molecule has 1 aliphatic heterocycles. The number of fused-ring (bicyclic) bond motifs is 1. The number of carbonyl (C=O) groups excluding carboxylic acids is 1. The summed E-state index contributed by atoms with van der Waals surface area (Å²) in [7, 11) is 1.60. The second-order valence-electron chi connectivity index (χ2n) is 5.86. The van der Waals surface area contributed by atoms with Crippen LogP contribution in [0, 0.1) is 0 Å². The van der Waals surface area contributed by atoms with E-state index in [0.717, 1.165) is 16.7 Å². The van der Waals surface area contributed by atoms with Gasteiger partial charge in [0.2, 0.25) is 5.91 Å². The van der Waals surface area contributed by atoms with Gasteiger partial charge in [-0.15, -0.1) is 0 Å². The average Bonchev–Trinajstić information content (AvgIpc) is 3.02. The number of rotatable bonds is 3. The van der Waals surface area contributed by atoms with Crippen molar-refractivity contribution in [2.45, 2.75) is 25.4 Å². The van der Waals surface area contributed by atoms with Gasteiger partial charge in [0.15, 0.2) is 0 Å². The summed E-state index contributed by atoms with van der Waals surface area (Å²) >= 11 is 0. The van der Waals surface area contributed by atoms with Gasteiger partial charge >= 0.3 is 0 Å². The predicted octanol–water partition coefficient (Wildman–Crippen LogP) is 1.97. The maximum Gasteiger partial charge on any atom is 0.227 e. The summed E-state index contributed by atoms with van der Waals surface area (Å²) in [5.74, 6) is 0.747. The Labute approximate surface area is 123 Å². The number of methoxy groups -OCH3 is 1. The van der Waals surface area contributed by atoms with E-state index in [-0.39, 0.29) is 12.3 Å². The number of ether oxygens (including phenoxy) is 1. The molecule has 1 aromatic heterocycles. The quantitative estimate of drug-likeness (QED) is 0.938. The normalized spacial score (nSPS) is 22.0. The third-order valence-corrected chi connectivity index (χ3v) is 4.01. The highest BCUT2D eigenvalue weighted by Crippen LogP contribution is 2.27. The minimum atomic E-state index is -0.762. The van der Waals surface area contributed by atoms with Crippen LogP contribution in [0.2, 0.25) is 0 Å². The Morgan fingerprint density at radius 1 is 1.52 bits per heavy atom. The van der Waals surface area contributed by atoms with Crippen molar-refractivity contribution in [3.63, 3.8) is 0 Å². The van der Waals surface area contributed by atoms with Crippen LogP contribution in [0.3, 0.4) is 0 Å². The molecule has 0 aliphatic carbocycles. The number of nitrogens with zero attached hydrogens (tertiary/aromatic N) is 1. The highest BCUT2D eigenvalue weighted by atomic mass is 16.5.